The number of hydrogen-bond donors (Lipinski definition) is 1. The quantitative estimate of drug-likeness (QED) is 0.875. The molecule has 1 N–H and O–H groups in total. The van der Waals surface area contributed by atoms with Crippen LogP contribution in [0, 0.1) is 0 Å². The van der Waals surface area contributed by atoms with Gasteiger partial charge in [0, 0.05) is 38.2 Å². The fourth-order valence-electron chi connectivity index (χ4n) is 2.16. The molecule has 0 radical (unpaired) electrons. The summed E-state index contributed by atoms with van der Waals surface area (Å²) in [7, 11) is 4.03. The third-order valence-electron chi connectivity index (χ3n) is 3.20. The Labute approximate surface area is 120 Å². The molecule has 4 heteroatoms. The molecular formula is C16H22N4. The van der Waals surface area contributed by atoms with E-state index < -0.39 is 0 Å². The zero-order valence-corrected chi connectivity index (χ0v) is 12.4. The molecule has 0 unspecified atom stereocenters. The van der Waals surface area contributed by atoms with Crippen molar-refractivity contribution >= 4 is 5.82 Å². The molecule has 0 aliphatic heterocycles. The first kappa shape index (κ1) is 14.5. The highest BCUT2D eigenvalue weighted by Gasteiger charge is 2.07. The van der Waals surface area contributed by atoms with Gasteiger partial charge in [0.2, 0.25) is 0 Å². The van der Waals surface area contributed by atoms with E-state index in [2.05, 4.69) is 47.4 Å². The third kappa shape index (κ3) is 3.78. The predicted molar refractivity (Wildman–Crippen MR) is 82.7 cm³/mol. The van der Waals surface area contributed by atoms with Gasteiger partial charge in [0.25, 0.3) is 0 Å². The lowest BCUT2D eigenvalue weighted by Crippen LogP contribution is -2.19. The van der Waals surface area contributed by atoms with E-state index in [-0.39, 0.29) is 0 Å². The van der Waals surface area contributed by atoms with Crippen LogP contribution in [0.25, 0.3) is 0 Å². The van der Waals surface area contributed by atoms with Crippen molar-refractivity contribution in [3.05, 3.63) is 53.5 Å². The van der Waals surface area contributed by atoms with Gasteiger partial charge >= 0.3 is 0 Å². The molecule has 106 valence electrons. The van der Waals surface area contributed by atoms with E-state index in [4.69, 9.17) is 4.98 Å². The number of nitrogens with one attached hydrogen (secondary N) is 1. The molecule has 0 fully saturated rings. The highest BCUT2D eigenvalue weighted by atomic mass is 15.2. The molecular weight excluding hydrogens is 248 g/mol. The van der Waals surface area contributed by atoms with Crippen LogP contribution in [-0.2, 0) is 19.5 Å². The van der Waals surface area contributed by atoms with Crippen molar-refractivity contribution < 1.29 is 0 Å². The van der Waals surface area contributed by atoms with Crippen LogP contribution in [-0.4, -0.2) is 24.1 Å². The van der Waals surface area contributed by atoms with Crippen molar-refractivity contribution in [2.45, 2.75) is 26.4 Å². The van der Waals surface area contributed by atoms with E-state index in [0.29, 0.717) is 0 Å². The second-order valence-corrected chi connectivity index (χ2v) is 4.93. The fraction of sp³-hybridized carbons (Fsp3) is 0.375. The molecule has 0 spiro atoms. The largest absolute Gasteiger partial charge is 0.355 e. The van der Waals surface area contributed by atoms with Gasteiger partial charge in [0.1, 0.15) is 5.82 Å². The van der Waals surface area contributed by atoms with Crippen LogP contribution in [0.2, 0.25) is 0 Å². The van der Waals surface area contributed by atoms with Crippen molar-refractivity contribution in [2.75, 3.05) is 19.0 Å². The van der Waals surface area contributed by atoms with Crippen LogP contribution in [0.15, 0.2) is 36.7 Å². The van der Waals surface area contributed by atoms with E-state index in [1.165, 1.54) is 11.1 Å². The summed E-state index contributed by atoms with van der Waals surface area (Å²) in [5, 5.41) is 3.19. The molecule has 0 amide bonds. The van der Waals surface area contributed by atoms with Crippen molar-refractivity contribution in [1.29, 1.82) is 0 Å². The van der Waals surface area contributed by atoms with Crippen molar-refractivity contribution in [3.8, 4) is 0 Å². The Morgan fingerprint density at radius 1 is 1.25 bits per heavy atom. The number of aromatic nitrogens is 2. The molecule has 0 saturated carbocycles. The van der Waals surface area contributed by atoms with Crippen LogP contribution in [0.3, 0.4) is 0 Å². The summed E-state index contributed by atoms with van der Waals surface area (Å²) in [4.78, 5) is 11.0. The Kier molecular flexibility index (Phi) is 5.07. The number of nitrogens with zero attached hydrogens (tertiary/aromatic N) is 3. The lowest BCUT2D eigenvalue weighted by Gasteiger charge is -2.20. The van der Waals surface area contributed by atoms with Crippen LogP contribution >= 0.6 is 0 Å². The smallest absolute Gasteiger partial charge is 0.129 e. The Hall–Kier alpha value is -1.94. The Bertz CT molecular complexity index is 539. The van der Waals surface area contributed by atoms with Gasteiger partial charge in [0.15, 0.2) is 0 Å². The minimum absolute atomic E-state index is 0.813. The summed E-state index contributed by atoms with van der Waals surface area (Å²) in [5.41, 5.74) is 3.59. The molecule has 2 aromatic heterocycles. The monoisotopic (exact) mass is 270 g/mol. The van der Waals surface area contributed by atoms with Crippen LogP contribution < -0.4 is 10.2 Å². The number of pyridine rings is 2. The zero-order chi connectivity index (χ0) is 14.4. The molecule has 20 heavy (non-hydrogen) atoms. The van der Waals surface area contributed by atoms with E-state index in [0.717, 1.165) is 31.0 Å². The van der Waals surface area contributed by atoms with Gasteiger partial charge < -0.3 is 10.2 Å². The topological polar surface area (TPSA) is 41.0 Å². The lowest BCUT2D eigenvalue weighted by atomic mass is 10.2. The van der Waals surface area contributed by atoms with E-state index >= 15 is 0 Å². The number of aryl methyl sites for hydroxylation is 1. The number of hydrogen-bond acceptors (Lipinski definition) is 4. The maximum absolute atomic E-state index is 4.71. The van der Waals surface area contributed by atoms with Crippen LogP contribution in [0.1, 0.15) is 23.7 Å². The van der Waals surface area contributed by atoms with E-state index in [9.17, 15) is 0 Å². The standard InChI is InChI=1S/C16H22N4/c1-4-15-8-14(10-17-2)9-16(19-15)20(3)12-13-6-5-7-18-11-13/h5-9,11,17H,4,10,12H2,1-3H3. The second-order valence-electron chi connectivity index (χ2n) is 4.93. The van der Waals surface area contributed by atoms with Gasteiger partial charge in [-0.2, -0.15) is 0 Å². The molecule has 2 rings (SSSR count). The first-order valence-corrected chi connectivity index (χ1v) is 6.97. The second kappa shape index (κ2) is 7.01. The molecule has 0 bridgehead atoms. The van der Waals surface area contributed by atoms with Gasteiger partial charge in [-0.1, -0.05) is 13.0 Å². The molecule has 0 atom stereocenters. The molecule has 2 aromatic rings. The Morgan fingerprint density at radius 2 is 2.10 bits per heavy atom. The molecule has 2 heterocycles. The van der Waals surface area contributed by atoms with E-state index in [1.807, 2.05) is 19.3 Å². The molecule has 0 aromatic carbocycles. The summed E-state index contributed by atoms with van der Waals surface area (Å²) in [5.74, 6) is 1.01. The average Bonchev–Trinajstić information content (AvgIpc) is 2.48. The van der Waals surface area contributed by atoms with Crippen LogP contribution in [0.5, 0.6) is 0 Å². The van der Waals surface area contributed by atoms with Gasteiger partial charge in [-0.3, -0.25) is 4.98 Å². The first-order chi connectivity index (χ1) is 9.72. The summed E-state index contributed by atoms with van der Waals surface area (Å²) < 4.78 is 0. The minimum atomic E-state index is 0.813. The maximum atomic E-state index is 4.71. The number of rotatable bonds is 6. The highest BCUT2D eigenvalue weighted by molar-refractivity contribution is 5.42. The van der Waals surface area contributed by atoms with Crippen molar-refractivity contribution in [1.82, 2.24) is 15.3 Å². The van der Waals surface area contributed by atoms with Gasteiger partial charge in [-0.05, 0) is 42.8 Å². The molecule has 0 saturated heterocycles. The van der Waals surface area contributed by atoms with Gasteiger partial charge in [-0.25, -0.2) is 4.98 Å². The van der Waals surface area contributed by atoms with Gasteiger partial charge in [0.05, 0.1) is 0 Å². The van der Waals surface area contributed by atoms with Crippen LogP contribution in [0.4, 0.5) is 5.82 Å². The predicted octanol–water partition coefficient (Wildman–Crippen LogP) is 2.39. The SMILES string of the molecule is CCc1cc(CNC)cc(N(C)Cc2cccnc2)n1. The Morgan fingerprint density at radius 3 is 2.75 bits per heavy atom. The molecule has 4 nitrogen and oxygen atoms in total. The van der Waals surface area contributed by atoms with E-state index in [1.54, 1.807) is 6.20 Å². The number of anilines is 1. The summed E-state index contributed by atoms with van der Waals surface area (Å²) in [6.45, 7) is 3.81. The summed E-state index contributed by atoms with van der Waals surface area (Å²) >= 11 is 0. The maximum Gasteiger partial charge on any atom is 0.129 e. The normalized spacial score (nSPS) is 10.6. The van der Waals surface area contributed by atoms with Gasteiger partial charge in [-0.15, -0.1) is 0 Å². The molecule has 0 aliphatic carbocycles. The Balaban J connectivity index is 2.19. The van der Waals surface area contributed by atoms with Crippen molar-refractivity contribution in [2.24, 2.45) is 0 Å². The summed E-state index contributed by atoms with van der Waals surface area (Å²) in [6, 6.07) is 8.36. The first-order valence-electron chi connectivity index (χ1n) is 6.97. The minimum Gasteiger partial charge on any atom is -0.355 e. The fourth-order valence-corrected chi connectivity index (χ4v) is 2.16. The van der Waals surface area contributed by atoms with Crippen molar-refractivity contribution in [3.63, 3.8) is 0 Å². The lowest BCUT2D eigenvalue weighted by molar-refractivity contribution is 0.805. The summed E-state index contributed by atoms with van der Waals surface area (Å²) in [6.07, 6.45) is 4.64. The highest BCUT2D eigenvalue weighted by Crippen LogP contribution is 2.16. The zero-order valence-electron chi connectivity index (χ0n) is 12.4. The third-order valence-corrected chi connectivity index (χ3v) is 3.20. The average molecular weight is 270 g/mol. The molecule has 0 aliphatic rings.